The van der Waals surface area contributed by atoms with Gasteiger partial charge in [0.15, 0.2) is 0 Å². The molecule has 2 atom stereocenters. The molecule has 0 aromatic heterocycles. The van der Waals surface area contributed by atoms with Gasteiger partial charge in [-0.15, -0.1) is 0 Å². The first-order valence-corrected chi connectivity index (χ1v) is 4.71. The Morgan fingerprint density at radius 1 is 1.24 bits per heavy atom. The molecule has 0 amide bonds. The fraction of sp³-hybridized carbons (Fsp3) is 0.400. The average Bonchev–Trinajstić information content (AvgIpc) is 2.26. The second-order valence-corrected chi connectivity index (χ2v) is 3.54. The minimum atomic E-state index is -4.56. The maximum Gasteiger partial charge on any atom is 0.416 e. The van der Waals surface area contributed by atoms with Crippen LogP contribution in [0.2, 0.25) is 0 Å². The summed E-state index contributed by atoms with van der Waals surface area (Å²) >= 11 is 0. The van der Waals surface area contributed by atoms with E-state index in [1.807, 2.05) is 0 Å². The summed E-state index contributed by atoms with van der Waals surface area (Å²) in [6.07, 6.45) is -7.81. The lowest BCUT2D eigenvalue weighted by molar-refractivity contribution is -0.137. The summed E-state index contributed by atoms with van der Waals surface area (Å²) in [7, 11) is 0. The Labute approximate surface area is 95.1 Å². The van der Waals surface area contributed by atoms with Gasteiger partial charge in [0.05, 0.1) is 12.2 Å². The Hall–Kier alpha value is -1.31. The van der Waals surface area contributed by atoms with Gasteiger partial charge in [0.2, 0.25) is 0 Å². The molecule has 2 unspecified atom stereocenters. The third kappa shape index (κ3) is 3.09. The fourth-order valence-corrected chi connectivity index (χ4v) is 1.31. The van der Waals surface area contributed by atoms with Gasteiger partial charge < -0.3 is 21.1 Å². The highest BCUT2D eigenvalue weighted by atomic mass is 19.4. The van der Waals surface area contributed by atoms with Crippen LogP contribution in [-0.2, 0) is 6.18 Å². The van der Waals surface area contributed by atoms with Crippen molar-refractivity contribution in [2.75, 3.05) is 12.3 Å². The maximum atomic E-state index is 12.4. The van der Waals surface area contributed by atoms with Crippen molar-refractivity contribution in [1.29, 1.82) is 0 Å². The molecule has 0 fully saturated rings. The lowest BCUT2D eigenvalue weighted by Gasteiger charge is -2.19. The predicted molar refractivity (Wildman–Crippen MR) is 53.9 cm³/mol. The van der Waals surface area contributed by atoms with E-state index >= 15 is 0 Å². The van der Waals surface area contributed by atoms with Gasteiger partial charge in [-0.05, 0) is 18.2 Å². The Balaban J connectivity index is 3.15. The smallest absolute Gasteiger partial charge is 0.398 e. The zero-order valence-corrected chi connectivity index (χ0v) is 8.65. The summed E-state index contributed by atoms with van der Waals surface area (Å²) in [6.45, 7) is -0.781. The SMILES string of the molecule is Nc1ccc(C(F)(F)F)cc1C(O)C(O)CO. The molecule has 17 heavy (non-hydrogen) atoms. The van der Waals surface area contributed by atoms with Crippen LogP contribution >= 0.6 is 0 Å². The molecule has 0 saturated heterocycles. The van der Waals surface area contributed by atoms with Crippen molar-refractivity contribution < 1.29 is 28.5 Å². The van der Waals surface area contributed by atoms with Crippen molar-refractivity contribution >= 4 is 5.69 Å². The van der Waals surface area contributed by atoms with Gasteiger partial charge in [-0.2, -0.15) is 13.2 Å². The third-order valence-corrected chi connectivity index (χ3v) is 2.28. The molecule has 1 aromatic rings. The van der Waals surface area contributed by atoms with E-state index in [-0.39, 0.29) is 11.3 Å². The molecule has 1 rings (SSSR count). The van der Waals surface area contributed by atoms with Crippen molar-refractivity contribution in [2.45, 2.75) is 18.4 Å². The second-order valence-electron chi connectivity index (χ2n) is 3.54. The molecule has 0 saturated carbocycles. The summed E-state index contributed by atoms with van der Waals surface area (Å²) in [6, 6.07) is 2.42. The Morgan fingerprint density at radius 3 is 2.29 bits per heavy atom. The summed E-state index contributed by atoms with van der Waals surface area (Å²) in [5, 5.41) is 27.3. The quantitative estimate of drug-likeness (QED) is 0.595. The largest absolute Gasteiger partial charge is 0.416 e. The summed E-state index contributed by atoms with van der Waals surface area (Å²) in [4.78, 5) is 0. The Morgan fingerprint density at radius 2 is 1.82 bits per heavy atom. The minimum absolute atomic E-state index is 0.0852. The standard InChI is InChI=1S/C10H12F3NO3/c11-10(12,13)5-1-2-7(14)6(3-5)9(17)8(16)4-15/h1-3,8-9,15-17H,4,14H2. The molecule has 0 aliphatic rings. The number of nitrogens with two attached hydrogens (primary N) is 1. The van der Waals surface area contributed by atoms with Gasteiger partial charge >= 0.3 is 6.18 Å². The van der Waals surface area contributed by atoms with E-state index < -0.39 is 30.6 Å². The van der Waals surface area contributed by atoms with Gasteiger partial charge in [0, 0.05) is 11.3 Å². The molecule has 0 aliphatic heterocycles. The van der Waals surface area contributed by atoms with Gasteiger partial charge in [-0.3, -0.25) is 0 Å². The normalized spacial score (nSPS) is 15.6. The Bertz CT molecular complexity index is 395. The van der Waals surface area contributed by atoms with E-state index in [1.54, 1.807) is 0 Å². The summed E-state index contributed by atoms with van der Waals surface area (Å²) < 4.78 is 37.2. The van der Waals surface area contributed by atoms with Crippen molar-refractivity contribution in [3.8, 4) is 0 Å². The van der Waals surface area contributed by atoms with Crippen LogP contribution < -0.4 is 5.73 Å². The molecule has 7 heteroatoms. The highest BCUT2D eigenvalue weighted by Gasteiger charge is 2.32. The number of hydrogen-bond acceptors (Lipinski definition) is 4. The van der Waals surface area contributed by atoms with Crippen LogP contribution in [0.5, 0.6) is 0 Å². The van der Waals surface area contributed by atoms with Crippen LogP contribution in [-0.4, -0.2) is 28.0 Å². The van der Waals surface area contributed by atoms with E-state index in [2.05, 4.69) is 0 Å². The van der Waals surface area contributed by atoms with E-state index in [9.17, 15) is 18.3 Å². The third-order valence-electron chi connectivity index (χ3n) is 2.28. The molecule has 0 bridgehead atoms. The van der Waals surface area contributed by atoms with Crippen LogP contribution in [0, 0.1) is 0 Å². The highest BCUT2D eigenvalue weighted by Crippen LogP contribution is 2.33. The molecule has 96 valence electrons. The van der Waals surface area contributed by atoms with Gasteiger partial charge in [0.1, 0.15) is 12.2 Å². The topological polar surface area (TPSA) is 86.7 Å². The van der Waals surface area contributed by atoms with E-state index in [4.69, 9.17) is 15.9 Å². The van der Waals surface area contributed by atoms with E-state index in [0.717, 1.165) is 12.1 Å². The van der Waals surface area contributed by atoms with Crippen molar-refractivity contribution in [2.24, 2.45) is 0 Å². The molecular formula is C10H12F3NO3. The van der Waals surface area contributed by atoms with Crippen molar-refractivity contribution in [3.05, 3.63) is 29.3 Å². The number of aliphatic hydroxyl groups is 3. The Kier molecular flexibility index (Phi) is 3.97. The van der Waals surface area contributed by atoms with E-state index in [0.29, 0.717) is 6.07 Å². The average molecular weight is 251 g/mol. The lowest BCUT2D eigenvalue weighted by Crippen LogP contribution is -2.23. The number of benzene rings is 1. The minimum Gasteiger partial charge on any atom is -0.398 e. The van der Waals surface area contributed by atoms with Gasteiger partial charge in [-0.25, -0.2) is 0 Å². The summed E-state index contributed by atoms with van der Waals surface area (Å²) in [5.41, 5.74) is 4.08. The molecule has 5 N–H and O–H groups in total. The molecule has 0 heterocycles. The van der Waals surface area contributed by atoms with Crippen LogP contribution in [0.1, 0.15) is 17.2 Å². The first kappa shape index (κ1) is 13.8. The number of aliphatic hydroxyl groups excluding tert-OH is 3. The number of nitrogen functional groups attached to an aromatic ring is 1. The van der Waals surface area contributed by atoms with Crippen molar-refractivity contribution in [1.82, 2.24) is 0 Å². The van der Waals surface area contributed by atoms with Crippen LogP contribution in [0.4, 0.5) is 18.9 Å². The summed E-state index contributed by atoms with van der Waals surface area (Å²) in [5.74, 6) is 0. The van der Waals surface area contributed by atoms with Crippen LogP contribution in [0.25, 0.3) is 0 Å². The molecule has 0 spiro atoms. The fourth-order valence-electron chi connectivity index (χ4n) is 1.31. The number of anilines is 1. The lowest BCUT2D eigenvalue weighted by atomic mass is 10.00. The van der Waals surface area contributed by atoms with Gasteiger partial charge in [-0.1, -0.05) is 0 Å². The predicted octanol–water partition coefficient (Wildman–Crippen LogP) is 0.674. The zero-order chi connectivity index (χ0) is 13.2. The number of alkyl halides is 3. The highest BCUT2D eigenvalue weighted by molar-refractivity contribution is 5.50. The zero-order valence-electron chi connectivity index (χ0n) is 8.65. The molecule has 0 aliphatic carbocycles. The van der Waals surface area contributed by atoms with Crippen molar-refractivity contribution in [3.63, 3.8) is 0 Å². The van der Waals surface area contributed by atoms with Gasteiger partial charge in [0.25, 0.3) is 0 Å². The molecular weight excluding hydrogens is 239 g/mol. The molecule has 0 radical (unpaired) electrons. The monoisotopic (exact) mass is 251 g/mol. The maximum absolute atomic E-state index is 12.4. The van der Waals surface area contributed by atoms with Crippen LogP contribution in [0.3, 0.4) is 0 Å². The first-order chi connectivity index (χ1) is 7.77. The number of hydrogen-bond donors (Lipinski definition) is 4. The molecule has 1 aromatic carbocycles. The van der Waals surface area contributed by atoms with Crippen LogP contribution in [0.15, 0.2) is 18.2 Å². The molecule has 4 nitrogen and oxygen atoms in total. The second kappa shape index (κ2) is 4.91. The first-order valence-electron chi connectivity index (χ1n) is 4.71. The number of rotatable bonds is 3. The number of halogens is 3. The van der Waals surface area contributed by atoms with E-state index in [1.165, 1.54) is 0 Å².